The van der Waals surface area contributed by atoms with Gasteiger partial charge in [0.1, 0.15) is 0 Å². The summed E-state index contributed by atoms with van der Waals surface area (Å²) < 4.78 is 26.9. The van der Waals surface area contributed by atoms with E-state index in [2.05, 4.69) is 19.8 Å². The minimum atomic E-state index is -3.72. The van der Waals surface area contributed by atoms with Gasteiger partial charge in [0.15, 0.2) is 17.3 Å². The predicted octanol–water partition coefficient (Wildman–Crippen LogP) is -1.82. The van der Waals surface area contributed by atoms with Gasteiger partial charge in [-0.1, -0.05) is 0 Å². The summed E-state index contributed by atoms with van der Waals surface area (Å²) in [5, 5.41) is 9.32. The van der Waals surface area contributed by atoms with Gasteiger partial charge in [0.25, 0.3) is 0 Å². The van der Waals surface area contributed by atoms with Crippen molar-refractivity contribution < 1.29 is 8.42 Å². The molecule has 2 heterocycles. The summed E-state index contributed by atoms with van der Waals surface area (Å²) in [6.45, 7) is 0. The van der Waals surface area contributed by atoms with Crippen molar-refractivity contribution in [3.8, 4) is 0 Å². The number of rotatable bonds is 0. The van der Waals surface area contributed by atoms with Crippen LogP contribution >= 0.6 is 0 Å². The van der Waals surface area contributed by atoms with Crippen LogP contribution < -0.4 is 10.5 Å². The summed E-state index contributed by atoms with van der Waals surface area (Å²) in [7, 11) is -3.72. The van der Waals surface area contributed by atoms with Crippen molar-refractivity contribution in [1.29, 1.82) is 0 Å². The molecule has 1 aromatic rings. The van der Waals surface area contributed by atoms with Crippen LogP contribution in [0.3, 0.4) is 0 Å². The van der Waals surface area contributed by atoms with Gasteiger partial charge in [-0.2, -0.15) is 18.7 Å². The van der Waals surface area contributed by atoms with Gasteiger partial charge in [-0.15, -0.1) is 9.50 Å². The third kappa shape index (κ3) is 0.906. The SMILES string of the molecule is NC1=NS(=O)(=O)Nc2n[nH]nc21. The lowest BCUT2D eigenvalue weighted by Crippen LogP contribution is -2.26. The van der Waals surface area contributed by atoms with Crippen LogP contribution in [0.2, 0.25) is 0 Å². The van der Waals surface area contributed by atoms with Crippen molar-refractivity contribution in [2.75, 3.05) is 4.72 Å². The molecule has 0 atom stereocenters. The zero-order chi connectivity index (χ0) is 8.77. The molecule has 64 valence electrons. The van der Waals surface area contributed by atoms with Crippen LogP contribution in [0.25, 0.3) is 0 Å². The summed E-state index contributed by atoms with van der Waals surface area (Å²) in [4.78, 5) is 0. The average Bonchev–Trinajstić information content (AvgIpc) is 2.31. The number of amidine groups is 1. The van der Waals surface area contributed by atoms with Crippen molar-refractivity contribution in [3.63, 3.8) is 0 Å². The maximum atomic E-state index is 10.9. The van der Waals surface area contributed by atoms with E-state index in [9.17, 15) is 8.42 Å². The van der Waals surface area contributed by atoms with Gasteiger partial charge in [0, 0.05) is 0 Å². The second-order valence-corrected chi connectivity index (χ2v) is 3.41. The minimum absolute atomic E-state index is 0.0718. The summed E-state index contributed by atoms with van der Waals surface area (Å²) >= 11 is 0. The highest BCUT2D eigenvalue weighted by atomic mass is 32.2. The van der Waals surface area contributed by atoms with Gasteiger partial charge in [0.05, 0.1) is 0 Å². The van der Waals surface area contributed by atoms with Gasteiger partial charge in [0.2, 0.25) is 0 Å². The number of anilines is 1. The molecule has 2 rings (SSSR count). The highest BCUT2D eigenvalue weighted by Gasteiger charge is 2.24. The standard InChI is InChI=1S/C3H4N6O2S/c4-2-1-3(6-9-5-1)8-12(10,11)7-2/h(H2,4,7)(H2,5,6,8,9). The Kier molecular flexibility index (Phi) is 1.14. The molecule has 8 nitrogen and oxygen atoms in total. The van der Waals surface area contributed by atoms with Crippen molar-refractivity contribution >= 4 is 21.9 Å². The first-order valence-electron chi connectivity index (χ1n) is 2.88. The number of nitrogens with zero attached hydrogens (tertiary/aromatic N) is 3. The molecular weight excluding hydrogens is 184 g/mol. The van der Waals surface area contributed by atoms with Crippen LogP contribution in [-0.4, -0.2) is 29.7 Å². The molecule has 0 aromatic carbocycles. The first-order chi connectivity index (χ1) is 5.58. The number of aromatic amines is 1. The molecule has 0 spiro atoms. The zero-order valence-corrected chi connectivity index (χ0v) is 6.46. The second kappa shape index (κ2) is 1.94. The summed E-state index contributed by atoms with van der Waals surface area (Å²) in [6.07, 6.45) is 0. The first kappa shape index (κ1) is 7.03. The van der Waals surface area contributed by atoms with E-state index in [0.29, 0.717) is 0 Å². The van der Waals surface area contributed by atoms with Crippen LogP contribution in [0.15, 0.2) is 4.40 Å². The Balaban J connectivity index is 2.67. The monoisotopic (exact) mass is 188 g/mol. The molecular formula is C3H4N6O2S. The van der Waals surface area contributed by atoms with E-state index >= 15 is 0 Å². The van der Waals surface area contributed by atoms with E-state index in [-0.39, 0.29) is 17.3 Å². The summed E-state index contributed by atoms with van der Waals surface area (Å²) in [6, 6.07) is 0. The van der Waals surface area contributed by atoms with Crippen molar-refractivity contribution in [3.05, 3.63) is 5.69 Å². The molecule has 0 saturated heterocycles. The number of hydrogen-bond donors (Lipinski definition) is 3. The highest BCUT2D eigenvalue weighted by Crippen LogP contribution is 2.15. The van der Waals surface area contributed by atoms with Crippen LogP contribution in [-0.2, 0) is 10.2 Å². The number of hydrogen-bond acceptors (Lipinski definition) is 5. The summed E-state index contributed by atoms with van der Waals surface area (Å²) in [5.41, 5.74) is 5.49. The molecule has 0 saturated carbocycles. The fraction of sp³-hybridized carbons (Fsp3) is 0. The lowest BCUT2D eigenvalue weighted by molar-refractivity contribution is 0.602. The molecule has 0 amide bonds. The predicted molar refractivity (Wildman–Crippen MR) is 39.6 cm³/mol. The van der Waals surface area contributed by atoms with E-state index < -0.39 is 10.2 Å². The van der Waals surface area contributed by atoms with E-state index in [1.165, 1.54) is 0 Å². The van der Waals surface area contributed by atoms with Crippen LogP contribution in [0.4, 0.5) is 5.82 Å². The number of nitrogens with two attached hydrogens (primary N) is 1. The lowest BCUT2D eigenvalue weighted by Gasteiger charge is -2.07. The van der Waals surface area contributed by atoms with Crippen LogP contribution in [0.1, 0.15) is 5.69 Å². The normalized spacial score (nSPS) is 19.2. The van der Waals surface area contributed by atoms with Gasteiger partial charge >= 0.3 is 10.2 Å². The molecule has 12 heavy (non-hydrogen) atoms. The van der Waals surface area contributed by atoms with Crippen molar-refractivity contribution in [1.82, 2.24) is 15.4 Å². The zero-order valence-electron chi connectivity index (χ0n) is 5.64. The molecule has 0 bridgehead atoms. The second-order valence-electron chi connectivity index (χ2n) is 2.07. The van der Waals surface area contributed by atoms with E-state index in [1.54, 1.807) is 0 Å². The Hall–Kier alpha value is -1.64. The maximum Gasteiger partial charge on any atom is 0.345 e. The Morgan fingerprint density at radius 2 is 2.08 bits per heavy atom. The number of nitrogens with one attached hydrogen (secondary N) is 2. The smallest absolute Gasteiger partial charge is 0.345 e. The Morgan fingerprint density at radius 3 is 2.83 bits per heavy atom. The number of fused-ring (bicyclic) bond motifs is 1. The number of H-pyrrole nitrogens is 1. The quantitative estimate of drug-likeness (QED) is 0.442. The van der Waals surface area contributed by atoms with Crippen molar-refractivity contribution in [2.45, 2.75) is 0 Å². The Labute approximate surface area is 67.1 Å². The molecule has 1 aliphatic rings. The van der Waals surface area contributed by atoms with E-state index in [0.717, 1.165) is 0 Å². The molecule has 4 N–H and O–H groups in total. The fourth-order valence-corrected chi connectivity index (χ4v) is 1.58. The largest absolute Gasteiger partial charge is 0.381 e. The molecule has 9 heteroatoms. The molecule has 0 unspecified atom stereocenters. The van der Waals surface area contributed by atoms with Crippen LogP contribution in [0, 0.1) is 0 Å². The molecule has 1 aromatic heterocycles. The Bertz CT molecular complexity index is 443. The molecule has 0 aliphatic carbocycles. The molecule has 0 radical (unpaired) electrons. The van der Waals surface area contributed by atoms with Crippen LogP contribution in [0.5, 0.6) is 0 Å². The highest BCUT2D eigenvalue weighted by molar-refractivity contribution is 7.91. The van der Waals surface area contributed by atoms with E-state index in [1.807, 2.05) is 4.72 Å². The topological polar surface area (TPSA) is 126 Å². The number of aromatic nitrogens is 3. The van der Waals surface area contributed by atoms with E-state index in [4.69, 9.17) is 5.73 Å². The first-order valence-corrected chi connectivity index (χ1v) is 4.32. The van der Waals surface area contributed by atoms with Gasteiger partial charge < -0.3 is 5.73 Å². The fourth-order valence-electron chi connectivity index (χ4n) is 0.798. The maximum absolute atomic E-state index is 10.9. The minimum Gasteiger partial charge on any atom is -0.381 e. The van der Waals surface area contributed by atoms with Gasteiger partial charge in [-0.25, -0.2) is 4.72 Å². The third-order valence-electron chi connectivity index (χ3n) is 1.23. The molecule has 0 fully saturated rings. The average molecular weight is 188 g/mol. The third-order valence-corrected chi connectivity index (χ3v) is 2.12. The van der Waals surface area contributed by atoms with Gasteiger partial charge in [-0.05, 0) is 0 Å². The Morgan fingerprint density at radius 1 is 1.33 bits per heavy atom. The van der Waals surface area contributed by atoms with Gasteiger partial charge in [-0.3, -0.25) is 0 Å². The van der Waals surface area contributed by atoms with Crippen molar-refractivity contribution in [2.24, 2.45) is 10.1 Å². The molecule has 1 aliphatic heterocycles. The summed E-state index contributed by atoms with van der Waals surface area (Å²) in [5.74, 6) is -0.0972. The lowest BCUT2D eigenvalue weighted by atomic mass is 10.4.